The van der Waals surface area contributed by atoms with E-state index < -0.39 is 0 Å². The topological polar surface area (TPSA) is 38.3 Å². The summed E-state index contributed by atoms with van der Waals surface area (Å²) in [7, 11) is 0. The maximum atomic E-state index is 13.3. The minimum atomic E-state index is -0.189. The molecule has 0 aromatic heterocycles. The number of halogens is 1. The van der Waals surface area contributed by atoms with E-state index in [-0.39, 0.29) is 17.8 Å². The van der Waals surface area contributed by atoms with Gasteiger partial charge in [-0.3, -0.25) is 4.79 Å². The molecule has 0 heterocycles. The predicted molar refractivity (Wildman–Crippen MR) is 76.0 cm³/mol. The SMILES string of the molecule is CCOC(=O)CC(Cc1ccc(F)c(C)c1)NC1CC1. The Bertz CT molecular complexity index is 472. The summed E-state index contributed by atoms with van der Waals surface area (Å²) in [4.78, 5) is 11.6. The molecule has 1 aliphatic rings. The largest absolute Gasteiger partial charge is 0.466 e. The van der Waals surface area contributed by atoms with E-state index in [1.54, 1.807) is 13.0 Å². The van der Waals surface area contributed by atoms with Crippen LogP contribution in [0.4, 0.5) is 4.39 Å². The maximum Gasteiger partial charge on any atom is 0.307 e. The van der Waals surface area contributed by atoms with Crippen molar-refractivity contribution in [2.45, 2.75) is 51.6 Å². The lowest BCUT2D eigenvalue weighted by atomic mass is 10.0. The van der Waals surface area contributed by atoms with Crippen molar-refractivity contribution in [3.63, 3.8) is 0 Å². The molecule has 1 aliphatic carbocycles. The molecule has 0 spiro atoms. The molecule has 1 N–H and O–H groups in total. The van der Waals surface area contributed by atoms with Crippen LogP contribution in [0.1, 0.15) is 37.3 Å². The third kappa shape index (κ3) is 4.60. The zero-order valence-electron chi connectivity index (χ0n) is 12.1. The molecule has 1 atom stereocenters. The molecule has 0 amide bonds. The average molecular weight is 279 g/mol. The molecule has 1 aromatic rings. The van der Waals surface area contributed by atoms with Crippen molar-refractivity contribution in [3.05, 3.63) is 35.1 Å². The Morgan fingerprint density at radius 1 is 1.50 bits per heavy atom. The van der Waals surface area contributed by atoms with E-state index in [9.17, 15) is 9.18 Å². The molecule has 2 rings (SSSR count). The van der Waals surface area contributed by atoms with Crippen LogP contribution >= 0.6 is 0 Å². The molecule has 1 fully saturated rings. The number of rotatable bonds is 7. The van der Waals surface area contributed by atoms with Crippen LogP contribution < -0.4 is 5.32 Å². The third-order valence-corrected chi connectivity index (χ3v) is 3.47. The molecule has 1 aromatic carbocycles. The summed E-state index contributed by atoms with van der Waals surface area (Å²) in [5.74, 6) is -0.365. The van der Waals surface area contributed by atoms with Gasteiger partial charge >= 0.3 is 5.97 Å². The first-order valence-corrected chi connectivity index (χ1v) is 7.25. The first-order valence-electron chi connectivity index (χ1n) is 7.25. The van der Waals surface area contributed by atoms with Gasteiger partial charge in [-0.15, -0.1) is 0 Å². The number of hydrogen-bond donors (Lipinski definition) is 1. The highest BCUT2D eigenvalue weighted by Gasteiger charge is 2.26. The predicted octanol–water partition coefficient (Wildman–Crippen LogP) is 2.75. The van der Waals surface area contributed by atoms with Crippen molar-refractivity contribution in [2.75, 3.05) is 6.61 Å². The Hall–Kier alpha value is -1.42. The fraction of sp³-hybridized carbons (Fsp3) is 0.562. The van der Waals surface area contributed by atoms with Gasteiger partial charge in [-0.05, 0) is 50.3 Å². The van der Waals surface area contributed by atoms with Gasteiger partial charge in [0.2, 0.25) is 0 Å². The number of ether oxygens (including phenoxy) is 1. The van der Waals surface area contributed by atoms with Crippen LogP contribution in [0.25, 0.3) is 0 Å². The molecule has 0 bridgehead atoms. The van der Waals surface area contributed by atoms with Gasteiger partial charge in [-0.25, -0.2) is 4.39 Å². The highest BCUT2D eigenvalue weighted by molar-refractivity contribution is 5.70. The van der Waals surface area contributed by atoms with Crippen LogP contribution in [-0.2, 0) is 16.0 Å². The molecule has 3 nitrogen and oxygen atoms in total. The van der Waals surface area contributed by atoms with E-state index in [4.69, 9.17) is 4.74 Å². The van der Waals surface area contributed by atoms with E-state index in [1.165, 1.54) is 18.9 Å². The van der Waals surface area contributed by atoms with Crippen molar-refractivity contribution >= 4 is 5.97 Å². The summed E-state index contributed by atoms with van der Waals surface area (Å²) >= 11 is 0. The number of carbonyl (C=O) groups excluding carboxylic acids is 1. The summed E-state index contributed by atoms with van der Waals surface area (Å²) < 4.78 is 18.3. The standard InChI is InChI=1S/C16H22FNO2/c1-3-20-16(19)10-14(18-13-5-6-13)9-12-4-7-15(17)11(2)8-12/h4,7-8,13-14,18H,3,5-6,9-10H2,1-2H3. The average Bonchev–Trinajstić information content (AvgIpc) is 3.18. The van der Waals surface area contributed by atoms with Gasteiger partial charge in [0.15, 0.2) is 0 Å². The highest BCUT2D eigenvalue weighted by atomic mass is 19.1. The quantitative estimate of drug-likeness (QED) is 0.780. The molecule has 0 saturated heterocycles. The second-order valence-corrected chi connectivity index (χ2v) is 5.43. The normalized spacial score (nSPS) is 15.9. The van der Waals surface area contributed by atoms with Gasteiger partial charge in [-0.2, -0.15) is 0 Å². The third-order valence-electron chi connectivity index (χ3n) is 3.47. The van der Waals surface area contributed by atoms with Crippen LogP contribution in [0.15, 0.2) is 18.2 Å². The monoisotopic (exact) mass is 279 g/mol. The van der Waals surface area contributed by atoms with E-state index >= 15 is 0 Å². The number of benzene rings is 1. The summed E-state index contributed by atoms with van der Waals surface area (Å²) in [6.07, 6.45) is 3.42. The smallest absolute Gasteiger partial charge is 0.307 e. The Morgan fingerprint density at radius 3 is 2.85 bits per heavy atom. The number of carbonyl (C=O) groups is 1. The number of nitrogens with one attached hydrogen (secondary N) is 1. The lowest BCUT2D eigenvalue weighted by Crippen LogP contribution is -2.35. The molecule has 0 aliphatic heterocycles. The van der Waals surface area contributed by atoms with Crippen LogP contribution in [0.3, 0.4) is 0 Å². The second kappa shape index (κ2) is 6.84. The van der Waals surface area contributed by atoms with Gasteiger partial charge in [0.1, 0.15) is 5.82 Å². The zero-order valence-corrected chi connectivity index (χ0v) is 12.1. The lowest BCUT2D eigenvalue weighted by Gasteiger charge is -2.18. The molecule has 20 heavy (non-hydrogen) atoms. The van der Waals surface area contributed by atoms with E-state index in [1.807, 2.05) is 13.0 Å². The first kappa shape index (κ1) is 15.0. The van der Waals surface area contributed by atoms with Crippen LogP contribution in [0.2, 0.25) is 0 Å². The molecule has 110 valence electrons. The van der Waals surface area contributed by atoms with Crippen molar-refractivity contribution in [2.24, 2.45) is 0 Å². The van der Waals surface area contributed by atoms with Gasteiger partial charge in [0, 0.05) is 12.1 Å². The maximum absolute atomic E-state index is 13.3. The first-order chi connectivity index (χ1) is 9.58. The van der Waals surface area contributed by atoms with E-state index in [2.05, 4.69) is 5.32 Å². The Morgan fingerprint density at radius 2 is 2.25 bits per heavy atom. The number of hydrogen-bond acceptors (Lipinski definition) is 3. The van der Waals surface area contributed by atoms with Crippen LogP contribution in [-0.4, -0.2) is 24.7 Å². The van der Waals surface area contributed by atoms with Gasteiger partial charge in [-0.1, -0.05) is 12.1 Å². The molecule has 1 saturated carbocycles. The molecule has 1 unspecified atom stereocenters. The number of esters is 1. The zero-order chi connectivity index (χ0) is 14.5. The van der Waals surface area contributed by atoms with Gasteiger partial charge in [0.25, 0.3) is 0 Å². The fourth-order valence-corrected chi connectivity index (χ4v) is 2.31. The Balaban J connectivity index is 1.98. The van der Waals surface area contributed by atoms with Crippen molar-refractivity contribution in [1.29, 1.82) is 0 Å². The minimum absolute atomic E-state index is 0.0615. The Labute approximate surface area is 119 Å². The fourth-order valence-electron chi connectivity index (χ4n) is 2.31. The Kier molecular flexibility index (Phi) is 5.12. The van der Waals surface area contributed by atoms with Crippen LogP contribution in [0.5, 0.6) is 0 Å². The summed E-state index contributed by atoms with van der Waals surface area (Å²) in [5, 5.41) is 3.47. The van der Waals surface area contributed by atoms with E-state index in [0.717, 1.165) is 12.0 Å². The molecular formula is C16H22FNO2. The van der Waals surface area contributed by atoms with Gasteiger partial charge in [0.05, 0.1) is 13.0 Å². The summed E-state index contributed by atoms with van der Waals surface area (Å²) in [6.45, 7) is 3.97. The van der Waals surface area contributed by atoms with E-state index in [0.29, 0.717) is 24.6 Å². The summed E-state index contributed by atoms with van der Waals surface area (Å²) in [5.41, 5.74) is 1.69. The van der Waals surface area contributed by atoms with Crippen molar-refractivity contribution < 1.29 is 13.9 Å². The van der Waals surface area contributed by atoms with Crippen molar-refractivity contribution in [1.82, 2.24) is 5.32 Å². The van der Waals surface area contributed by atoms with Crippen LogP contribution in [0, 0.1) is 12.7 Å². The molecule has 0 radical (unpaired) electrons. The minimum Gasteiger partial charge on any atom is -0.466 e. The molecule has 4 heteroatoms. The van der Waals surface area contributed by atoms with Gasteiger partial charge < -0.3 is 10.1 Å². The second-order valence-electron chi connectivity index (χ2n) is 5.43. The molecular weight excluding hydrogens is 257 g/mol. The van der Waals surface area contributed by atoms with Crippen molar-refractivity contribution in [3.8, 4) is 0 Å². The lowest BCUT2D eigenvalue weighted by molar-refractivity contribution is -0.143. The summed E-state index contributed by atoms with van der Waals surface area (Å²) in [6, 6.07) is 5.71. The highest BCUT2D eigenvalue weighted by Crippen LogP contribution is 2.21. The number of aryl methyl sites for hydroxylation is 1.